The van der Waals surface area contributed by atoms with Crippen LogP contribution in [-0.2, 0) is 25.1 Å². The van der Waals surface area contributed by atoms with Gasteiger partial charge in [0.2, 0.25) is 0 Å². The Morgan fingerprint density at radius 2 is 1.59 bits per heavy atom. The second-order valence-electron chi connectivity index (χ2n) is 4.97. The van der Waals surface area contributed by atoms with Crippen molar-refractivity contribution in [3.63, 3.8) is 0 Å². The Kier molecular flexibility index (Phi) is 3.99. The molecule has 0 aliphatic carbocycles. The van der Waals surface area contributed by atoms with Gasteiger partial charge in [0, 0.05) is 11.8 Å². The van der Waals surface area contributed by atoms with Crippen LogP contribution in [0.3, 0.4) is 0 Å². The zero-order valence-corrected chi connectivity index (χ0v) is 13.5. The fourth-order valence-electron chi connectivity index (χ4n) is 2.32. The van der Waals surface area contributed by atoms with Crippen molar-refractivity contribution >= 4 is 31.4 Å². The number of sulfone groups is 1. The van der Waals surface area contributed by atoms with Crippen LogP contribution in [0.5, 0.6) is 0 Å². The van der Waals surface area contributed by atoms with Gasteiger partial charge < -0.3 is 0 Å². The number of benzene rings is 2. The maximum Gasteiger partial charge on any atom is 0.190 e. The van der Waals surface area contributed by atoms with E-state index in [9.17, 15) is 12.6 Å². The molecule has 114 valence electrons. The summed E-state index contributed by atoms with van der Waals surface area (Å²) in [5.74, 6) is 0. The second-order valence-corrected chi connectivity index (χ2v) is 8.10. The first-order valence-electron chi connectivity index (χ1n) is 6.61. The number of hydrogen-bond acceptors (Lipinski definition) is 4. The molecule has 1 heterocycles. The molecule has 0 fully saturated rings. The first-order valence-corrected chi connectivity index (χ1v) is 9.57. The zero-order chi connectivity index (χ0) is 15.7. The van der Waals surface area contributed by atoms with Crippen LogP contribution < -0.4 is 0 Å². The summed E-state index contributed by atoms with van der Waals surface area (Å²) in [7, 11) is -3.23. The van der Waals surface area contributed by atoms with Crippen LogP contribution in [0.4, 0.5) is 0 Å². The minimum absolute atomic E-state index is 0.245. The van der Waals surface area contributed by atoms with Crippen LogP contribution in [0.2, 0.25) is 0 Å². The van der Waals surface area contributed by atoms with Crippen molar-refractivity contribution in [1.82, 2.24) is 0 Å². The summed E-state index contributed by atoms with van der Waals surface area (Å²) in [6.45, 7) is 0.245. The van der Waals surface area contributed by atoms with E-state index in [0.29, 0.717) is 4.91 Å². The molecule has 0 saturated carbocycles. The first-order chi connectivity index (χ1) is 10.5. The Morgan fingerprint density at radius 1 is 0.955 bits per heavy atom. The van der Waals surface area contributed by atoms with E-state index in [1.165, 1.54) is 6.26 Å². The van der Waals surface area contributed by atoms with E-state index in [0.717, 1.165) is 16.7 Å². The normalized spacial score (nSPS) is 18.7. The average Bonchev–Trinajstić information content (AvgIpc) is 2.89. The highest BCUT2D eigenvalue weighted by molar-refractivity contribution is 7.91. The fraction of sp³-hybridized carbons (Fsp3) is 0.125. The SMILES string of the molecule is CS(=O)(=O)c1ccc(C2=C(c3ccccc3)S(=O)OC2)cc1. The van der Waals surface area contributed by atoms with Gasteiger partial charge in [-0.2, -0.15) is 0 Å². The maximum absolute atomic E-state index is 12.1. The van der Waals surface area contributed by atoms with Crippen LogP contribution in [0, 0.1) is 0 Å². The monoisotopic (exact) mass is 334 g/mol. The molecule has 0 amide bonds. The third-order valence-corrected chi connectivity index (χ3v) is 5.69. The van der Waals surface area contributed by atoms with Crippen molar-refractivity contribution in [3.8, 4) is 0 Å². The minimum Gasteiger partial charge on any atom is -0.282 e. The molecular formula is C16H14O4S2. The van der Waals surface area contributed by atoms with E-state index in [1.54, 1.807) is 24.3 Å². The molecule has 4 nitrogen and oxygen atoms in total. The highest BCUT2D eigenvalue weighted by atomic mass is 32.2. The van der Waals surface area contributed by atoms with Crippen LogP contribution in [0.1, 0.15) is 11.1 Å². The number of hydrogen-bond donors (Lipinski definition) is 0. The Labute approximate surface area is 132 Å². The molecule has 0 N–H and O–H groups in total. The van der Waals surface area contributed by atoms with Crippen LogP contribution >= 0.6 is 0 Å². The summed E-state index contributed by atoms with van der Waals surface area (Å²) in [6, 6.07) is 16.0. The van der Waals surface area contributed by atoms with E-state index in [-0.39, 0.29) is 11.5 Å². The van der Waals surface area contributed by atoms with E-state index in [4.69, 9.17) is 4.18 Å². The molecule has 22 heavy (non-hydrogen) atoms. The summed E-state index contributed by atoms with van der Waals surface area (Å²) in [4.78, 5) is 0.908. The highest BCUT2D eigenvalue weighted by Crippen LogP contribution is 2.35. The summed E-state index contributed by atoms with van der Waals surface area (Å²) in [5, 5.41) is 0. The predicted molar refractivity (Wildman–Crippen MR) is 86.9 cm³/mol. The van der Waals surface area contributed by atoms with Gasteiger partial charge in [0.05, 0.1) is 16.4 Å². The molecule has 3 rings (SSSR count). The number of rotatable bonds is 3. The van der Waals surface area contributed by atoms with Gasteiger partial charge in [-0.1, -0.05) is 42.5 Å². The summed E-state index contributed by atoms with van der Waals surface area (Å²) < 4.78 is 40.4. The van der Waals surface area contributed by atoms with Crippen molar-refractivity contribution in [1.29, 1.82) is 0 Å². The van der Waals surface area contributed by atoms with Gasteiger partial charge in [0.15, 0.2) is 20.9 Å². The molecule has 0 saturated heterocycles. The van der Waals surface area contributed by atoms with Crippen molar-refractivity contribution in [2.75, 3.05) is 12.9 Å². The third kappa shape index (κ3) is 2.90. The van der Waals surface area contributed by atoms with Gasteiger partial charge in [0.25, 0.3) is 0 Å². The fourth-order valence-corrected chi connectivity index (χ4v) is 3.99. The lowest BCUT2D eigenvalue weighted by molar-refractivity contribution is 0.416. The standard InChI is InChI=1S/C16H14O4S2/c1-22(18,19)14-9-7-12(8-10-14)15-11-20-21(17)16(15)13-5-3-2-4-6-13/h2-10H,11H2,1H3. The Hall–Kier alpha value is -1.76. The largest absolute Gasteiger partial charge is 0.282 e. The van der Waals surface area contributed by atoms with Crippen LogP contribution in [-0.4, -0.2) is 25.5 Å². The van der Waals surface area contributed by atoms with Crippen LogP contribution in [0.25, 0.3) is 10.5 Å². The summed E-state index contributed by atoms with van der Waals surface area (Å²) >= 11 is -1.50. The second kappa shape index (κ2) is 5.79. The van der Waals surface area contributed by atoms with Gasteiger partial charge >= 0.3 is 0 Å². The Morgan fingerprint density at radius 3 is 2.18 bits per heavy atom. The van der Waals surface area contributed by atoms with Crippen molar-refractivity contribution in [2.45, 2.75) is 4.90 Å². The molecule has 1 aliphatic heterocycles. The molecule has 6 heteroatoms. The third-order valence-electron chi connectivity index (χ3n) is 3.42. The lowest BCUT2D eigenvalue weighted by atomic mass is 10.0. The van der Waals surface area contributed by atoms with Crippen molar-refractivity contribution in [3.05, 3.63) is 65.7 Å². The maximum atomic E-state index is 12.1. The molecule has 0 bridgehead atoms. The molecule has 1 aliphatic rings. The molecular weight excluding hydrogens is 320 g/mol. The zero-order valence-electron chi connectivity index (χ0n) is 11.9. The lowest BCUT2D eigenvalue weighted by Gasteiger charge is -2.06. The first kappa shape index (κ1) is 15.1. The highest BCUT2D eigenvalue weighted by Gasteiger charge is 2.25. The molecule has 0 radical (unpaired) electrons. The van der Waals surface area contributed by atoms with Gasteiger partial charge in [-0.05, 0) is 23.3 Å². The molecule has 1 unspecified atom stereocenters. The van der Waals surface area contributed by atoms with Gasteiger partial charge in [0.1, 0.15) is 0 Å². The average molecular weight is 334 g/mol. The smallest absolute Gasteiger partial charge is 0.190 e. The minimum atomic E-state index is -3.23. The van der Waals surface area contributed by atoms with Gasteiger partial charge in [-0.3, -0.25) is 4.18 Å². The van der Waals surface area contributed by atoms with E-state index in [1.807, 2.05) is 30.3 Å². The molecule has 2 aromatic carbocycles. The topological polar surface area (TPSA) is 60.4 Å². The summed E-state index contributed by atoms with van der Waals surface area (Å²) in [5.41, 5.74) is 2.49. The van der Waals surface area contributed by atoms with Gasteiger partial charge in [-0.25, -0.2) is 12.6 Å². The molecule has 1 atom stereocenters. The van der Waals surface area contributed by atoms with Crippen molar-refractivity contribution < 1.29 is 16.8 Å². The van der Waals surface area contributed by atoms with Crippen molar-refractivity contribution in [2.24, 2.45) is 0 Å². The molecule has 0 aromatic heterocycles. The Bertz CT molecular complexity index is 851. The summed E-state index contributed by atoms with van der Waals surface area (Å²) in [6.07, 6.45) is 1.17. The lowest BCUT2D eigenvalue weighted by Crippen LogP contribution is -1.97. The molecule has 0 spiro atoms. The van der Waals surface area contributed by atoms with E-state index < -0.39 is 20.9 Å². The predicted octanol–water partition coefficient (Wildman–Crippen LogP) is 2.65. The van der Waals surface area contributed by atoms with Gasteiger partial charge in [-0.15, -0.1) is 0 Å². The van der Waals surface area contributed by atoms with Crippen LogP contribution in [0.15, 0.2) is 59.5 Å². The van der Waals surface area contributed by atoms with E-state index in [2.05, 4.69) is 0 Å². The van der Waals surface area contributed by atoms with E-state index >= 15 is 0 Å². The Balaban J connectivity index is 2.09. The molecule has 2 aromatic rings. The quantitative estimate of drug-likeness (QED) is 0.866.